The predicted octanol–water partition coefficient (Wildman–Crippen LogP) is 3.52. The van der Waals surface area contributed by atoms with E-state index in [1.807, 2.05) is 4.90 Å². The molecule has 1 saturated carbocycles. The summed E-state index contributed by atoms with van der Waals surface area (Å²) in [5.74, 6) is -0.823. The molecule has 1 aliphatic carbocycles. The number of rotatable bonds is 3. The quantitative estimate of drug-likeness (QED) is 0.809. The minimum Gasteiger partial charge on any atom is -0.458 e. The van der Waals surface area contributed by atoms with Gasteiger partial charge >= 0.3 is 5.97 Å². The van der Waals surface area contributed by atoms with E-state index < -0.39 is 11.5 Å². The monoisotopic (exact) mass is 384 g/mol. The van der Waals surface area contributed by atoms with Crippen molar-refractivity contribution in [2.45, 2.75) is 63.4 Å². The summed E-state index contributed by atoms with van der Waals surface area (Å²) in [6, 6.07) is 7.05. The number of esters is 1. The molecule has 28 heavy (non-hydrogen) atoms. The molecule has 1 unspecified atom stereocenters. The van der Waals surface area contributed by atoms with Gasteiger partial charge in [-0.3, -0.25) is 14.4 Å². The highest BCUT2D eigenvalue weighted by Gasteiger charge is 2.52. The van der Waals surface area contributed by atoms with Crippen molar-refractivity contribution in [3.63, 3.8) is 0 Å². The molecule has 1 N–H and O–H groups in total. The van der Waals surface area contributed by atoms with E-state index in [0.29, 0.717) is 11.3 Å². The van der Waals surface area contributed by atoms with Crippen molar-refractivity contribution >= 4 is 23.5 Å². The molecule has 0 radical (unpaired) electrons. The zero-order chi connectivity index (χ0) is 19.6. The van der Waals surface area contributed by atoms with E-state index in [0.717, 1.165) is 58.0 Å². The van der Waals surface area contributed by atoms with Crippen molar-refractivity contribution in [1.82, 2.24) is 4.90 Å². The van der Waals surface area contributed by atoms with Gasteiger partial charge in [-0.1, -0.05) is 6.42 Å². The molecule has 1 atom stereocenters. The fourth-order valence-electron chi connectivity index (χ4n) is 4.83. The molecule has 6 heteroatoms. The first-order valence-electron chi connectivity index (χ1n) is 10.5. The summed E-state index contributed by atoms with van der Waals surface area (Å²) in [6.07, 6.45) is 8.09. The number of likely N-dealkylation sites (tertiary alicyclic amines) is 1. The van der Waals surface area contributed by atoms with Crippen LogP contribution >= 0.6 is 0 Å². The van der Waals surface area contributed by atoms with Gasteiger partial charge in [0.1, 0.15) is 5.60 Å². The van der Waals surface area contributed by atoms with Crippen LogP contribution in [0.15, 0.2) is 24.3 Å². The van der Waals surface area contributed by atoms with Gasteiger partial charge in [-0.05, 0) is 69.2 Å². The molecule has 1 spiro atoms. The number of hydrogen-bond acceptors (Lipinski definition) is 4. The van der Waals surface area contributed by atoms with Crippen LogP contribution in [0, 0.1) is 5.92 Å². The Morgan fingerprint density at radius 2 is 1.61 bits per heavy atom. The van der Waals surface area contributed by atoms with Crippen LogP contribution in [-0.4, -0.2) is 41.4 Å². The van der Waals surface area contributed by atoms with Crippen molar-refractivity contribution in [3.05, 3.63) is 29.8 Å². The van der Waals surface area contributed by atoms with Crippen LogP contribution in [0.4, 0.5) is 5.69 Å². The van der Waals surface area contributed by atoms with Gasteiger partial charge < -0.3 is 15.0 Å². The lowest BCUT2D eigenvalue weighted by Gasteiger charge is -2.36. The molecular weight excluding hydrogens is 356 g/mol. The molecule has 0 bridgehead atoms. The molecule has 3 fully saturated rings. The Morgan fingerprint density at radius 1 is 0.964 bits per heavy atom. The van der Waals surface area contributed by atoms with E-state index in [-0.39, 0.29) is 24.2 Å². The van der Waals surface area contributed by atoms with Crippen LogP contribution in [0.2, 0.25) is 0 Å². The van der Waals surface area contributed by atoms with Crippen LogP contribution in [0.3, 0.4) is 0 Å². The second-order valence-electron chi connectivity index (χ2n) is 8.28. The average molecular weight is 384 g/mol. The summed E-state index contributed by atoms with van der Waals surface area (Å²) in [5.41, 5.74) is 0.664. The number of carbonyl (C=O) groups excluding carboxylic acids is 3. The van der Waals surface area contributed by atoms with E-state index in [1.165, 1.54) is 6.42 Å². The Labute approximate surface area is 165 Å². The zero-order valence-electron chi connectivity index (χ0n) is 16.2. The summed E-state index contributed by atoms with van der Waals surface area (Å²) < 4.78 is 5.63. The number of carbonyl (C=O) groups is 3. The third-order valence-electron chi connectivity index (χ3n) is 6.38. The zero-order valence-corrected chi connectivity index (χ0v) is 16.2. The fraction of sp³-hybridized carbons (Fsp3) is 0.591. The number of amides is 2. The topological polar surface area (TPSA) is 75.7 Å². The SMILES string of the molecule is O=C1CC(C(=O)Nc2ccc(C(=O)N3CCCCC3)cc2)C2(CCCCC2)O1. The summed E-state index contributed by atoms with van der Waals surface area (Å²) in [7, 11) is 0. The van der Waals surface area contributed by atoms with Gasteiger partial charge in [0.15, 0.2) is 0 Å². The predicted molar refractivity (Wildman–Crippen MR) is 105 cm³/mol. The number of benzene rings is 1. The average Bonchev–Trinajstić information content (AvgIpc) is 3.04. The van der Waals surface area contributed by atoms with Crippen LogP contribution < -0.4 is 5.32 Å². The van der Waals surface area contributed by atoms with Gasteiger partial charge in [0.2, 0.25) is 5.91 Å². The molecule has 4 rings (SSSR count). The second kappa shape index (κ2) is 7.94. The third kappa shape index (κ3) is 3.77. The Kier molecular flexibility index (Phi) is 5.38. The summed E-state index contributed by atoms with van der Waals surface area (Å²) in [4.78, 5) is 39.3. The second-order valence-corrected chi connectivity index (χ2v) is 8.28. The maximum Gasteiger partial charge on any atom is 0.307 e. The highest BCUT2D eigenvalue weighted by Crippen LogP contribution is 2.44. The van der Waals surface area contributed by atoms with Gasteiger partial charge in [-0.2, -0.15) is 0 Å². The van der Waals surface area contributed by atoms with E-state index in [1.54, 1.807) is 24.3 Å². The molecular formula is C22H28N2O4. The van der Waals surface area contributed by atoms with Crippen LogP contribution in [0.5, 0.6) is 0 Å². The van der Waals surface area contributed by atoms with Crippen LogP contribution in [0.25, 0.3) is 0 Å². The number of hydrogen-bond donors (Lipinski definition) is 1. The van der Waals surface area contributed by atoms with Crippen LogP contribution in [-0.2, 0) is 14.3 Å². The van der Waals surface area contributed by atoms with Crippen molar-refractivity contribution in [1.29, 1.82) is 0 Å². The highest BCUT2D eigenvalue weighted by atomic mass is 16.6. The normalized spacial score (nSPS) is 24.1. The first-order valence-corrected chi connectivity index (χ1v) is 10.5. The van der Waals surface area contributed by atoms with Gasteiger partial charge in [-0.15, -0.1) is 0 Å². The number of nitrogens with one attached hydrogen (secondary N) is 1. The highest BCUT2D eigenvalue weighted by molar-refractivity contribution is 5.98. The minimum atomic E-state index is -0.621. The Bertz CT molecular complexity index is 746. The van der Waals surface area contributed by atoms with E-state index in [2.05, 4.69) is 5.32 Å². The Balaban J connectivity index is 1.41. The van der Waals surface area contributed by atoms with E-state index in [9.17, 15) is 14.4 Å². The molecule has 2 amide bonds. The maximum atomic E-state index is 12.9. The molecule has 2 saturated heterocycles. The lowest BCUT2D eigenvalue weighted by molar-refractivity contribution is -0.153. The first-order chi connectivity index (χ1) is 13.6. The van der Waals surface area contributed by atoms with Gasteiger partial charge in [0.25, 0.3) is 5.91 Å². The lowest BCUT2D eigenvalue weighted by Crippen LogP contribution is -2.43. The first kappa shape index (κ1) is 19.0. The van der Waals surface area contributed by atoms with Crippen molar-refractivity contribution in [2.75, 3.05) is 18.4 Å². The lowest BCUT2D eigenvalue weighted by atomic mass is 9.75. The Hall–Kier alpha value is -2.37. The summed E-state index contributed by atoms with van der Waals surface area (Å²) >= 11 is 0. The third-order valence-corrected chi connectivity index (χ3v) is 6.38. The van der Waals surface area contributed by atoms with E-state index in [4.69, 9.17) is 4.74 Å². The largest absolute Gasteiger partial charge is 0.458 e. The van der Waals surface area contributed by atoms with Gasteiger partial charge in [0, 0.05) is 24.3 Å². The van der Waals surface area contributed by atoms with Crippen LogP contribution in [0.1, 0.15) is 68.1 Å². The van der Waals surface area contributed by atoms with E-state index >= 15 is 0 Å². The summed E-state index contributed by atoms with van der Waals surface area (Å²) in [5, 5.41) is 2.93. The number of piperidine rings is 1. The molecule has 150 valence electrons. The minimum absolute atomic E-state index is 0.0496. The summed E-state index contributed by atoms with van der Waals surface area (Å²) in [6.45, 7) is 1.63. The molecule has 3 aliphatic rings. The fourth-order valence-corrected chi connectivity index (χ4v) is 4.83. The van der Waals surface area contributed by atoms with Gasteiger partial charge in [-0.25, -0.2) is 0 Å². The molecule has 1 aromatic carbocycles. The maximum absolute atomic E-state index is 12.9. The Morgan fingerprint density at radius 3 is 2.29 bits per heavy atom. The van der Waals surface area contributed by atoms with Crippen molar-refractivity contribution < 1.29 is 19.1 Å². The number of nitrogens with zero attached hydrogens (tertiary/aromatic N) is 1. The smallest absolute Gasteiger partial charge is 0.307 e. The molecule has 2 aliphatic heterocycles. The number of anilines is 1. The number of ether oxygens (including phenoxy) is 1. The van der Waals surface area contributed by atoms with Crippen molar-refractivity contribution in [3.8, 4) is 0 Å². The molecule has 1 aromatic rings. The van der Waals surface area contributed by atoms with Gasteiger partial charge in [0.05, 0.1) is 12.3 Å². The molecule has 2 heterocycles. The molecule has 6 nitrogen and oxygen atoms in total. The standard InChI is InChI=1S/C22H28N2O4/c25-19-15-18(22(28-19)11-3-1-4-12-22)20(26)23-17-9-7-16(8-10-17)21(27)24-13-5-2-6-14-24/h7-10,18H,1-6,11-15H2,(H,23,26). The molecule has 0 aromatic heterocycles. The van der Waals surface area contributed by atoms with Crippen molar-refractivity contribution in [2.24, 2.45) is 5.92 Å².